The lowest BCUT2D eigenvalue weighted by molar-refractivity contribution is 0.0951. The molecule has 0 unspecified atom stereocenters. The van der Waals surface area contributed by atoms with Crippen molar-refractivity contribution in [3.8, 4) is 11.6 Å². The number of anilines is 1. The Labute approximate surface area is 199 Å². The number of nitrogens with two attached hydrogens (primary N) is 1. The summed E-state index contributed by atoms with van der Waals surface area (Å²) in [6, 6.07) is 26.3. The number of hydrogen-bond donors (Lipinski definition) is 2. The zero-order chi connectivity index (χ0) is 23.7. The molecule has 0 spiro atoms. The molecule has 1 heterocycles. The van der Waals surface area contributed by atoms with Gasteiger partial charge in [-0.15, -0.1) is 5.10 Å². The predicted octanol–water partition coefficient (Wildman–Crippen LogP) is 4.84. The molecular formula is C28H28N4O2. The fourth-order valence-electron chi connectivity index (χ4n) is 4.32. The number of methoxy groups -OCH3 is 1. The third kappa shape index (κ3) is 4.15. The van der Waals surface area contributed by atoms with Crippen LogP contribution in [0.1, 0.15) is 51.4 Å². The van der Waals surface area contributed by atoms with Crippen molar-refractivity contribution < 1.29 is 9.53 Å². The summed E-state index contributed by atoms with van der Waals surface area (Å²) in [7, 11) is 1.61. The Balaban J connectivity index is 1.64. The maximum Gasteiger partial charge on any atom is 0.251 e. The van der Waals surface area contributed by atoms with E-state index < -0.39 is 0 Å². The third-order valence-electron chi connectivity index (χ3n) is 6.29. The molecule has 0 aliphatic heterocycles. The molecule has 4 aromatic rings. The van der Waals surface area contributed by atoms with E-state index in [0.717, 1.165) is 40.8 Å². The van der Waals surface area contributed by atoms with Gasteiger partial charge in [0, 0.05) is 17.5 Å². The number of rotatable bonds is 7. The molecule has 1 aliphatic rings. The molecule has 0 saturated heterocycles. The van der Waals surface area contributed by atoms with Gasteiger partial charge in [-0.05, 0) is 48.6 Å². The van der Waals surface area contributed by atoms with Gasteiger partial charge in [0.1, 0.15) is 5.82 Å². The van der Waals surface area contributed by atoms with Crippen molar-refractivity contribution in [1.82, 2.24) is 15.1 Å². The van der Waals surface area contributed by atoms with E-state index >= 15 is 0 Å². The van der Waals surface area contributed by atoms with Crippen molar-refractivity contribution in [3.63, 3.8) is 0 Å². The Morgan fingerprint density at radius 2 is 1.65 bits per heavy atom. The summed E-state index contributed by atoms with van der Waals surface area (Å²) >= 11 is 0. The number of hydrogen-bond acceptors (Lipinski definition) is 4. The fourth-order valence-corrected chi connectivity index (χ4v) is 4.32. The van der Waals surface area contributed by atoms with E-state index in [9.17, 15) is 4.79 Å². The lowest BCUT2D eigenvalue weighted by Crippen LogP contribution is -2.25. The van der Waals surface area contributed by atoms with Crippen molar-refractivity contribution >= 4 is 11.7 Å². The first-order valence-corrected chi connectivity index (χ1v) is 11.5. The maximum absolute atomic E-state index is 12.7. The highest BCUT2D eigenvalue weighted by atomic mass is 16.5. The van der Waals surface area contributed by atoms with Gasteiger partial charge in [0.05, 0.1) is 18.4 Å². The zero-order valence-electron chi connectivity index (χ0n) is 19.4. The molecule has 34 heavy (non-hydrogen) atoms. The highest BCUT2D eigenvalue weighted by Crippen LogP contribution is 2.41. The summed E-state index contributed by atoms with van der Waals surface area (Å²) in [5.74, 6) is 0.709. The Morgan fingerprint density at radius 3 is 2.21 bits per heavy atom. The average Bonchev–Trinajstić information content (AvgIpc) is 3.63. The number of aryl methyl sites for hydroxylation is 1. The van der Waals surface area contributed by atoms with E-state index in [4.69, 9.17) is 15.6 Å². The minimum absolute atomic E-state index is 0.0758. The van der Waals surface area contributed by atoms with E-state index in [1.807, 2.05) is 61.5 Å². The molecule has 3 aromatic carbocycles. The largest absolute Gasteiger partial charge is 0.480 e. The second kappa shape index (κ2) is 9.06. The average molecular weight is 453 g/mol. The van der Waals surface area contributed by atoms with E-state index in [1.165, 1.54) is 0 Å². The van der Waals surface area contributed by atoms with Gasteiger partial charge in [-0.2, -0.15) is 0 Å². The van der Waals surface area contributed by atoms with Gasteiger partial charge >= 0.3 is 0 Å². The first-order valence-electron chi connectivity index (χ1n) is 11.5. The molecule has 6 nitrogen and oxygen atoms in total. The van der Waals surface area contributed by atoms with Crippen LogP contribution in [0.5, 0.6) is 5.88 Å². The van der Waals surface area contributed by atoms with Gasteiger partial charge in [-0.3, -0.25) is 4.79 Å². The van der Waals surface area contributed by atoms with Crippen molar-refractivity contribution in [1.29, 1.82) is 0 Å². The summed E-state index contributed by atoms with van der Waals surface area (Å²) < 4.78 is 7.43. The van der Waals surface area contributed by atoms with Gasteiger partial charge in [0.15, 0.2) is 0 Å². The van der Waals surface area contributed by atoms with Crippen LogP contribution in [0, 0.1) is 6.92 Å². The standard InChI is InChI=1S/C28H28N4O2/c1-18-13-14-21(27(33)30-22-15-16-22)17-23(18)32-26(29)25(28(31-32)34-2)24(19-9-5-3-6-10-19)20-11-7-4-8-12-20/h3-14,17,22,24H,15-16,29H2,1-2H3,(H,30,33). The number of amides is 1. The van der Waals surface area contributed by atoms with Crippen LogP contribution in [-0.4, -0.2) is 28.8 Å². The quantitative estimate of drug-likeness (QED) is 0.420. The number of nitrogen functional groups attached to an aromatic ring is 1. The molecule has 5 rings (SSSR count). The van der Waals surface area contributed by atoms with Gasteiger partial charge in [0.2, 0.25) is 5.88 Å². The molecule has 0 bridgehead atoms. The molecule has 0 radical (unpaired) electrons. The Morgan fingerprint density at radius 1 is 1.03 bits per heavy atom. The van der Waals surface area contributed by atoms with Gasteiger partial charge in [-0.25, -0.2) is 4.68 Å². The minimum atomic E-state index is -0.159. The smallest absolute Gasteiger partial charge is 0.251 e. The number of carbonyl (C=O) groups is 1. The van der Waals surface area contributed by atoms with Crippen molar-refractivity contribution in [2.75, 3.05) is 12.8 Å². The second-order valence-corrected chi connectivity index (χ2v) is 8.72. The first kappa shape index (κ1) is 21.8. The normalized spacial score (nSPS) is 13.1. The monoisotopic (exact) mass is 452 g/mol. The first-order chi connectivity index (χ1) is 16.6. The van der Waals surface area contributed by atoms with Crippen LogP contribution >= 0.6 is 0 Å². The van der Waals surface area contributed by atoms with Gasteiger partial charge < -0.3 is 15.8 Å². The zero-order valence-corrected chi connectivity index (χ0v) is 19.4. The van der Waals surface area contributed by atoms with Crippen LogP contribution in [0.25, 0.3) is 5.69 Å². The van der Waals surface area contributed by atoms with E-state index in [1.54, 1.807) is 11.8 Å². The highest BCUT2D eigenvalue weighted by molar-refractivity contribution is 5.95. The maximum atomic E-state index is 12.7. The third-order valence-corrected chi connectivity index (χ3v) is 6.29. The Bertz CT molecular complexity index is 1270. The number of nitrogens with zero attached hydrogens (tertiary/aromatic N) is 2. The predicted molar refractivity (Wildman–Crippen MR) is 134 cm³/mol. The summed E-state index contributed by atoms with van der Waals surface area (Å²) in [4.78, 5) is 12.7. The van der Waals surface area contributed by atoms with Crippen LogP contribution in [0.2, 0.25) is 0 Å². The number of ether oxygens (including phenoxy) is 1. The van der Waals surface area contributed by atoms with Crippen molar-refractivity contribution in [3.05, 3.63) is 107 Å². The van der Waals surface area contributed by atoms with Crippen LogP contribution in [-0.2, 0) is 0 Å². The van der Waals surface area contributed by atoms with Crippen LogP contribution in [0.4, 0.5) is 5.82 Å². The van der Waals surface area contributed by atoms with Crippen LogP contribution in [0.3, 0.4) is 0 Å². The Kier molecular flexibility index (Phi) is 5.80. The lowest BCUT2D eigenvalue weighted by atomic mass is 9.86. The van der Waals surface area contributed by atoms with Crippen LogP contribution in [0.15, 0.2) is 78.9 Å². The molecule has 6 heteroatoms. The topological polar surface area (TPSA) is 82.2 Å². The van der Waals surface area contributed by atoms with Crippen molar-refractivity contribution in [2.45, 2.75) is 31.7 Å². The number of aromatic nitrogens is 2. The SMILES string of the molecule is COc1nn(-c2cc(C(=O)NC3CC3)ccc2C)c(N)c1C(c1ccccc1)c1ccccc1. The molecule has 0 atom stereocenters. The molecular weight excluding hydrogens is 424 g/mol. The van der Waals surface area contributed by atoms with E-state index in [-0.39, 0.29) is 17.9 Å². The molecule has 3 N–H and O–H groups in total. The van der Waals surface area contributed by atoms with Gasteiger partial charge in [-0.1, -0.05) is 66.7 Å². The summed E-state index contributed by atoms with van der Waals surface area (Å²) in [5.41, 5.74) is 12.1. The summed E-state index contributed by atoms with van der Waals surface area (Å²) in [5, 5.41) is 7.79. The molecule has 1 saturated carbocycles. The molecule has 1 aromatic heterocycles. The number of benzene rings is 3. The molecule has 1 amide bonds. The van der Waals surface area contributed by atoms with E-state index in [0.29, 0.717) is 17.3 Å². The molecule has 1 aliphatic carbocycles. The minimum Gasteiger partial charge on any atom is -0.480 e. The summed E-state index contributed by atoms with van der Waals surface area (Å²) in [6.07, 6.45) is 2.08. The Hall–Kier alpha value is -4.06. The van der Waals surface area contributed by atoms with E-state index in [2.05, 4.69) is 29.6 Å². The summed E-state index contributed by atoms with van der Waals surface area (Å²) in [6.45, 7) is 1.98. The fraction of sp³-hybridized carbons (Fsp3) is 0.214. The van der Waals surface area contributed by atoms with Gasteiger partial charge in [0.25, 0.3) is 5.91 Å². The van der Waals surface area contributed by atoms with Crippen LogP contribution < -0.4 is 15.8 Å². The van der Waals surface area contributed by atoms with Crippen molar-refractivity contribution in [2.24, 2.45) is 0 Å². The lowest BCUT2D eigenvalue weighted by Gasteiger charge is -2.19. The molecule has 1 fully saturated rings. The second-order valence-electron chi connectivity index (χ2n) is 8.72. The highest BCUT2D eigenvalue weighted by Gasteiger charge is 2.29. The number of carbonyl (C=O) groups excluding carboxylic acids is 1. The molecule has 172 valence electrons. The number of nitrogens with one attached hydrogen (secondary N) is 1.